The van der Waals surface area contributed by atoms with E-state index in [1.807, 2.05) is 0 Å². The highest BCUT2D eigenvalue weighted by Crippen LogP contribution is 2.23. The molecule has 0 heterocycles. The van der Waals surface area contributed by atoms with Crippen LogP contribution >= 0.6 is 0 Å². The Morgan fingerprint density at radius 1 is 1.15 bits per heavy atom. The first kappa shape index (κ1) is 20.6. The summed E-state index contributed by atoms with van der Waals surface area (Å²) in [5.41, 5.74) is 1.61. The van der Waals surface area contributed by atoms with Crippen molar-refractivity contribution in [2.75, 3.05) is 12.4 Å². The zero-order chi connectivity index (χ0) is 20.2. The van der Waals surface area contributed by atoms with E-state index in [9.17, 15) is 18.0 Å². The molecule has 0 saturated carbocycles. The molecule has 0 fully saturated rings. The fourth-order valence-electron chi connectivity index (χ4n) is 2.53. The molecular formula is C19H23N3O4S. The summed E-state index contributed by atoms with van der Waals surface area (Å²) in [5.74, 6) is -0.391. The average Bonchev–Trinajstić information content (AvgIpc) is 2.65. The summed E-state index contributed by atoms with van der Waals surface area (Å²) in [6.45, 7) is 3.54. The maximum atomic E-state index is 12.8. The maximum absolute atomic E-state index is 12.8. The molecule has 0 spiro atoms. The summed E-state index contributed by atoms with van der Waals surface area (Å²) < 4.78 is 23.1. The molecule has 0 aliphatic rings. The van der Waals surface area contributed by atoms with Crippen molar-refractivity contribution in [1.29, 1.82) is 0 Å². The van der Waals surface area contributed by atoms with E-state index in [1.54, 1.807) is 57.3 Å². The second-order valence-electron chi connectivity index (χ2n) is 6.19. The molecule has 0 aromatic heterocycles. The fourth-order valence-corrected chi connectivity index (χ4v) is 3.10. The lowest BCUT2D eigenvalue weighted by Gasteiger charge is -2.26. The van der Waals surface area contributed by atoms with Crippen LogP contribution in [0.3, 0.4) is 0 Å². The number of benzene rings is 2. The van der Waals surface area contributed by atoms with Crippen molar-refractivity contribution in [1.82, 2.24) is 4.90 Å². The number of hydrogen-bond acceptors (Lipinski definition) is 4. The van der Waals surface area contributed by atoms with Crippen LogP contribution in [0.1, 0.15) is 42.2 Å². The van der Waals surface area contributed by atoms with E-state index in [0.29, 0.717) is 23.2 Å². The molecule has 144 valence electrons. The van der Waals surface area contributed by atoms with Crippen molar-refractivity contribution < 1.29 is 18.0 Å². The topological polar surface area (TPSA) is 110 Å². The Morgan fingerprint density at radius 3 is 2.44 bits per heavy atom. The van der Waals surface area contributed by atoms with Crippen molar-refractivity contribution >= 4 is 27.5 Å². The van der Waals surface area contributed by atoms with E-state index in [0.717, 1.165) is 0 Å². The van der Waals surface area contributed by atoms with Crippen LogP contribution in [0.4, 0.5) is 5.69 Å². The van der Waals surface area contributed by atoms with E-state index in [2.05, 4.69) is 5.32 Å². The van der Waals surface area contributed by atoms with Gasteiger partial charge in [0.2, 0.25) is 15.9 Å². The molecule has 2 aromatic carbocycles. The molecule has 0 radical (unpaired) electrons. The Balaban J connectivity index is 2.24. The molecule has 0 aliphatic heterocycles. The van der Waals surface area contributed by atoms with Gasteiger partial charge in [-0.15, -0.1) is 0 Å². The Morgan fingerprint density at radius 2 is 1.81 bits per heavy atom. The van der Waals surface area contributed by atoms with Crippen molar-refractivity contribution in [2.45, 2.75) is 31.2 Å². The quantitative estimate of drug-likeness (QED) is 0.791. The van der Waals surface area contributed by atoms with Crippen LogP contribution in [0.15, 0.2) is 53.4 Å². The zero-order valence-electron chi connectivity index (χ0n) is 15.5. The number of anilines is 1. The normalized spacial score (nSPS) is 12.3. The van der Waals surface area contributed by atoms with Crippen LogP contribution in [0.25, 0.3) is 0 Å². The number of nitrogens with two attached hydrogens (primary N) is 1. The van der Waals surface area contributed by atoms with Gasteiger partial charge >= 0.3 is 0 Å². The SMILES string of the molecule is CCC(=O)Nc1cccc(C(=O)N(C)C(C)c2cccc(S(N)(=O)=O)c2)c1. The van der Waals surface area contributed by atoms with Gasteiger partial charge in [0.15, 0.2) is 0 Å². The van der Waals surface area contributed by atoms with Gasteiger partial charge in [0.25, 0.3) is 5.91 Å². The highest BCUT2D eigenvalue weighted by molar-refractivity contribution is 7.89. The highest BCUT2D eigenvalue weighted by Gasteiger charge is 2.20. The smallest absolute Gasteiger partial charge is 0.254 e. The third kappa shape index (κ3) is 5.15. The minimum atomic E-state index is -3.82. The lowest BCUT2D eigenvalue weighted by molar-refractivity contribution is -0.115. The minimum absolute atomic E-state index is 0.00280. The second kappa shape index (κ2) is 8.32. The molecule has 0 saturated heterocycles. The number of primary sulfonamides is 1. The number of nitrogens with zero attached hydrogens (tertiary/aromatic N) is 1. The van der Waals surface area contributed by atoms with Crippen molar-refractivity contribution in [2.24, 2.45) is 5.14 Å². The minimum Gasteiger partial charge on any atom is -0.335 e. The van der Waals surface area contributed by atoms with Gasteiger partial charge in [-0.2, -0.15) is 0 Å². The van der Waals surface area contributed by atoms with Crippen LogP contribution in [0, 0.1) is 0 Å². The Labute approximate surface area is 159 Å². The van der Waals surface area contributed by atoms with Gasteiger partial charge in [0, 0.05) is 24.7 Å². The number of carbonyl (C=O) groups excluding carboxylic acids is 2. The summed E-state index contributed by atoms with van der Waals surface area (Å²) in [6.07, 6.45) is 0.343. The van der Waals surface area contributed by atoms with Gasteiger partial charge in [-0.25, -0.2) is 13.6 Å². The van der Waals surface area contributed by atoms with Gasteiger partial charge in [0.1, 0.15) is 0 Å². The first-order valence-corrected chi connectivity index (χ1v) is 9.98. The van der Waals surface area contributed by atoms with Gasteiger partial charge < -0.3 is 10.2 Å². The molecule has 27 heavy (non-hydrogen) atoms. The summed E-state index contributed by atoms with van der Waals surface area (Å²) in [4.78, 5) is 25.9. The maximum Gasteiger partial charge on any atom is 0.254 e. The monoisotopic (exact) mass is 389 g/mol. The number of nitrogens with one attached hydrogen (secondary N) is 1. The molecule has 8 heteroatoms. The summed E-state index contributed by atoms with van der Waals surface area (Å²) >= 11 is 0. The molecule has 7 nitrogen and oxygen atoms in total. The van der Waals surface area contributed by atoms with E-state index in [4.69, 9.17) is 5.14 Å². The van der Waals surface area contributed by atoms with Crippen molar-refractivity contribution in [3.8, 4) is 0 Å². The number of amides is 2. The molecule has 2 rings (SSSR count). The first-order chi connectivity index (χ1) is 12.6. The highest BCUT2D eigenvalue weighted by atomic mass is 32.2. The van der Waals surface area contributed by atoms with Gasteiger partial charge in [-0.3, -0.25) is 9.59 Å². The Kier molecular flexibility index (Phi) is 6.35. The number of carbonyl (C=O) groups is 2. The van der Waals surface area contributed by atoms with Crippen LogP contribution in [0.2, 0.25) is 0 Å². The van der Waals surface area contributed by atoms with Crippen LogP contribution < -0.4 is 10.5 Å². The summed E-state index contributed by atoms with van der Waals surface area (Å²) in [7, 11) is -2.19. The molecule has 2 amide bonds. The van der Waals surface area contributed by atoms with E-state index in [-0.39, 0.29) is 22.8 Å². The van der Waals surface area contributed by atoms with Crippen LogP contribution in [-0.4, -0.2) is 32.2 Å². The first-order valence-electron chi connectivity index (χ1n) is 8.43. The van der Waals surface area contributed by atoms with Gasteiger partial charge in [-0.05, 0) is 42.8 Å². The fraction of sp³-hybridized carbons (Fsp3) is 0.263. The van der Waals surface area contributed by atoms with Gasteiger partial charge in [0.05, 0.1) is 10.9 Å². The van der Waals surface area contributed by atoms with E-state index >= 15 is 0 Å². The predicted octanol–water partition coefficient (Wildman–Crippen LogP) is 2.52. The molecule has 2 aromatic rings. The van der Waals surface area contributed by atoms with Crippen molar-refractivity contribution in [3.63, 3.8) is 0 Å². The van der Waals surface area contributed by atoms with E-state index in [1.165, 1.54) is 17.0 Å². The largest absolute Gasteiger partial charge is 0.335 e. The standard InChI is InChI=1S/C19H23N3O4S/c1-4-18(23)21-16-9-5-8-15(11-16)19(24)22(3)13(2)14-7-6-10-17(12-14)27(20,25)26/h5-13H,4H2,1-3H3,(H,21,23)(H2,20,25,26). The molecule has 1 atom stereocenters. The molecule has 1 unspecified atom stereocenters. The summed E-state index contributed by atoms with van der Waals surface area (Å²) in [6, 6.07) is 12.5. The third-order valence-electron chi connectivity index (χ3n) is 4.28. The Bertz CT molecular complexity index is 957. The number of sulfonamides is 1. The third-order valence-corrected chi connectivity index (χ3v) is 5.20. The molecule has 0 aliphatic carbocycles. The number of hydrogen-bond donors (Lipinski definition) is 2. The van der Waals surface area contributed by atoms with Crippen molar-refractivity contribution in [3.05, 3.63) is 59.7 Å². The number of rotatable bonds is 6. The van der Waals surface area contributed by atoms with Gasteiger partial charge in [-0.1, -0.05) is 25.1 Å². The summed E-state index contributed by atoms with van der Waals surface area (Å²) in [5, 5.41) is 7.90. The average molecular weight is 389 g/mol. The Hall–Kier alpha value is -2.71. The lowest BCUT2D eigenvalue weighted by Crippen LogP contribution is -2.30. The molecule has 0 bridgehead atoms. The second-order valence-corrected chi connectivity index (χ2v) is 7.75. The van der Waals surface area contributed by atoms with Crippen LogP contribution in [0.5, 0.6) is 0 Å². The molecular weight excluding hydrogens is 366 g/mol. The molecule has 3 N–H and O–H groups in total. The van der Waals surface area contributed by atoms with E-state index < -0.39 is 10.0 Å². The van der Waals surface area contributed by atoms with Crippen LogP contribution in [-0.2, 0) is 14.8 Å². The zero-order valence-corrected chi connectivity index (χ0v) is 16.3. The predicted molar refractivity (Wildman–Crippen MR) is 104 cm³/mol. The lowest BCUT2D eigenvalue weighted by atomic mass is 10.1.